The SMILES string of the molecule is O=C(O)N1CCN(CC2(O)CNC2)CC1. The molecule has 6 heteroatoms. The Morgan fingerprint density at radius 3 is 2.27 bits per heavy atom. The van der Waals surface area contributed by atoms with Crippen LogP contribution in [0, 0.1) is 0 Å². The van der Waals surface area contributed by atoms with Crippen molar-refractivity contribution in [2.24, 2.45) is 0 Å². The van der Waals surface area contributed by atoms with Crippen molar-refractivity contribution < 1.29 is 15.0 Å². The molecule has 86 valence electrons. The van der Waals surface area contributed by atoms with Gasteiger partial charge >= 0.3 is 6.09 Å². The first-order valence-electron chi connectivity index (χ1n) is 5.22. The molecule has 2 heterocycles. The molecule has 15 heavy (non-hydrogen) atoms. The van der Waals surface area contributed by atoms with Gasteiger partial charge in [0.1, 0.15) is 5.60 Å². The molecular weight excluding hydrogens is 198 g/mol. The van der Waals surface area contributed by atoms with E-state index in [1.165, 1.54) is 4.90 Å². The zero-order valence-electron chi connectivity index (χ0n) is 8.65. The number of hydrogen-bond donors (Lipinski definition) is 3. The van der Waals surface area contributed by atoms with E-state index in [0.717, 1.165) is 0 Å². The summed E-state index contributed by atoms with van der Waals surface area (Å²) in [5, 5.41) is 21.7. The van der Waals surface area contributed by atoms with Crippen molar-refractivity contribution >= 4 is 6.09 Å². The predicted molar refractivity (Wildman–Crippen MR) is 53.9 cm³/mol. The van der Waals surface area contributed by atoms with Crippen LogP contribution in [-0.4, -0.2) is 77.5 Å². The minimum atomic E-state index is -0.848. The summed E-state index contributed by atoms with van der Waals surface area (Å²) in [5.74, 6) is 0. The average Bonchev–Trinajstić information content (AvgIpc) is 2.16. The summed E-state index contributed by atoms with van der Waals surface area (Å²) < 4.78 is 0. The lowest BCUT2D eigenvalue weighted by Crippen LogP contribution is -2.66. The fraction of sp³-hybridized carbons (Fsp3) is 0.889. The van der Waals surface area contributed by atoms with E-state index in [1.54, 1.807) is 0 Å². The summed E-state index contributed by atoms with van der Waals surface area (Å²) in [7, 11) is 0. The number of piperazine rings is 1. The number of amides is 1. The maximum absolute atomic E-state index is 10.7. The highest BCUT2D eigenvalue weighted by atomic mass is 16.4. The van der Waals surface area contributed by atoms with Gasteiger partial charge in [-0.1, -0.05) is 0 Å². The van der Waals surface area contributed by atoms with E-state index in [-0.39, 0.29) is 0 Å². The molecule has 3 N–H and O–H groups in total. The zero-order valence-corrected chi connectivity index (χ0v) is 8.65. The molecular formula is C9H17N3O3. The first-order chi connectivity index (χ1) is 7.09. The van der Waals surface area contributed by atoms with E-state index in [2.05, 4.69) is 10.2 Å². The van der Waals surface area contributed by atoms with Crippen LogP contribution in [0.15, 0.2) is 0 Å². The van der Waals surface area contributed by atoms with Crippen molar-refractivity contribution in [3.8, 4) is 0 Å². The molecule has 2 rings (SSSR count). The van der Waals surface area contributed by atoms with Crippen LogP contribution in [0.1, 0.15) is 0 Å². The van der Waals surface area contributed by atoms with Gasteiger partial charge in [0.05, 0.1) is 0 Å². The number of β-amino-alcohol motifs (C(OH)–C–C–N with tert-alkyl or cyclic N) is 1. The molecule has 0 bridgehead atoms. The Labute approximate surface area is 88.5 Å². The van der Waals surface area contributed by atoms with Gasteiger partial charge in [-0.2, -0.15) is 0 Å². The van der Waals surface area contributed by atoms with Crippen LogP contribution in [0.3, 0.4) is 0 Å². The van der Waals surface area contributed by atoms with Crippen molar-refractivity contribution in [2.75, 3.05) is 45.8 Å². The van der Waals surface area contributed by atoms with Gasteiger partial charge in [-0.3, -0.25) is 4.90 Å². The molecule has 0 radical (unpaired) electrons. The lowest BCUT2D eigenvalue weighted by molar-refractivity contribution is -0.0449. The smallest absolute Gasteiger partial charge is 0.407 e. The number of carboxylic acid groups (broad SMARTS) is 1. The maximum atomic E-state index is 10.7. The summed E-state index contributed by atoms with van der Waals surface area (Å²) in [6.45, 7) is 4.45. The second kappa shape index (κ2) is 3.96. The molecule has 0 aromatic carbocycles. The van der Waals surface area contributed by atoms with Crippen LogP contribution in [0.4, 0.5) is 4.79 Å². The first kappa shape index (κ1) is 10.7. The monoisotopic (exact) mass is 215 g/mol. The number of aliphatic hydroxyl groups is 1. The molecule has 2 saturated heterocycles. The molecule has 0 saturated carbocycles. The minimum absolute atomic E-state index is 0.541. The van der Waals surface area contributed by atoms with Crippen molar-refractivity contribution in [1.82, 2.24) is 15.1 Å². The van der Waals surface area contributed by atoms with Crippen LogP contribution in [-0.2, 0) is 0 Å². The molecule has 0 aromatic heterocycles. The second-order valence-corrected chi connectivity index (χ2v) is 4.37. The Hall–Kier alpha value is -0.850. The lowest BCUT2D eigenvalue weighted by atomic mass is 9.96. The molecule has 0 atom stereocenters. The standard InChI is InChI=1S/C9H17N3O3/c13-8(14)12-3-1-11(2-4-12)7-9(15)5-10-6-9/h10,15H,1-7H2,(H,13,14). The summed E-state index contributed by atoms with van der Waals surface area (Å²) in [6, 6.07) is 0. The van der Waals surface area contributed by atoms with Gasteiger partial charge in [-0.05, 0) is 0 Å². The van der Waals surface area contributed by atoms with Crippen molar-refractivity contribution in [3.05, 3.63) is 0 Å². The predicted octanol–water partition coefficient (Wildman–Crippen LogP) is -1.38. The molecule has 0 aromatic rings. The number of nitrogens with zero attached hydrogens (tertiary/aromatic N) is 2. The highest BCUT2D eigenvalue weighted by Crippen LogP contribution is 2.14. The van der Waals surface area contributed by atoms with Crippen molar-refractivity contribution in [2.45, 2.75) is 5.60 Å². The van der Waals surface area contributed by atoms with Gasteiger partial charge in [-0.15, -0.1) is 0 Å². The van der Waals surface area contributed by atoms with Crippen LogP contribution in [0.2, 0.25) is 0 Å². The largest absolute Gasteiger partial charge is 0.465 e. The normalized spacial score (nSPS) is 26.1. The number of nitrogens with one attached hydrogen (secondary N) is 1. The molecule has 0 spiro atoms. The third-order valence-corrected chi connectivity index (χ3v) is 3.07. The highest BCUT2D eigenvalue weighted by Gasteiger charge is 2.36. The first-order valence-corrected chi connectivity index (χ1v) is 5.22. The second-order valence-electron chi connectivity index (χ2n) is 4.37. The molecule has 2 aliphatic heterocycles. The van der Waals surface area contributed by atoms with Gasteiger partial charge in [0.15, 0.2) is 0 Å². The van der Waals surface area contributed by atoms with Gasteiger partial charge in [0.25, 0.3) is 0 Å². The molecule has 1 amide bonds. The Balaban J connectivity index is 1.76. The Kier molecular flexibility index (Phi) is 2.81. The summed E-state index contributed by atoms with van der Waals surface area (Å²) in [4.78, 5) is 14.2. The van der Waals surface area contributed by atoms with E-state index in [9.17, 15) is 9.90 Å². The number of rotatable bonds is 2. The van der Waals surface area contributed by atoms with Gasteiger partial charge in [-0.25, -0.2) is 4.79 Å². The molecule has 6 nitrogen and oxygen atoms in total. The van der Waals surface area contributed by atoms with Crippen molar-refractivity contribution in [1.29, 1.82) is 0 Å². The topological polar surface area (TPSA) is 76.0 Å². The number of hydrogen-bond acceptors (Lipinski definition) is 4. The van der Waals surface area contributed by atoms with Crippen LogP contribution < -0.4 is 5.32 Å². The lowest BCUT2D eigenvalue weighted by Gasteiger charge is -2.43. The van der Waals surface area contributed by atoms with Gasteiger partial charge in [0, 0.05) is 45.8 Å². The van der Waals surface area contributed by atoms with Gasteiger partial charge < -0.3 is 20.4 Å². The number of carbonyl (C=O) groups is 1. The summed E-state index contributed by atoms with van der Waals surface area (Å²) in [6.07, 6.45) is -0.848. The fourth-order valence-corrected chi connectivity index (χ4v) is 2.04. The summed E-state index contributed by atoms with van der Waals surface area (Å²) in [5.41, 5.74) is -0.592. The van der Waals surface area contributed by atoms with E-state index < -0.39 is 11.7 Å². The molecule has 0 unspecified atom stereocenters. The van der Waals surface area contributed by atoms with Gasteiger partial charge in [0.2, 0.25) is 0 Å². The van der Waals surface area contributed by atoms with Crippen LogP contribution >= 0.6 is 0 Å². The average molecular weight is 215 g/mol. The molecule has 2 fully saturated rings. The Bertz CT molecular complexity index is 247. The molecule has 2 aliphatic rings. The quantitative estimate of drug-likeness (QED) is 0.529. The summed E-state index contributed by atoms with van der Waals surface area (Å²) >= 11 is 0. The third-order valence-electron chi connectivity index (χ3n) is 3.07. The van der Waals surface area contributed by atoms with E-state index in [0.29, 0.717) is 45.8 Å². The van der Waals surface area contributed by atoms with Crippen molar-refractivity contribution in [3.63, 3.8) is 0 Å². The Morgan fingerprint density at radius 1 is 1.27 bits per heavy atom. The van der Waals surface area contributed by atoms with E-state index >= 15 is 0 Å². The van der Waals surface area contributed by atoms with Crippen LogP contribution in [0.5, 0.6) is 0 Å². The minimum Gasteiger partial charge on any atom is -0.465 e. The van der Waals surface area contributed by atoms with E-state index in [1.807, 2.05) is 0 Å². The maximum Gasteiger partial charge on any atom is 0.407 e. The van der Waals surface area contributed by atoms with Crippen LogP contribution in [0.25, 0.3) is 0 Å². The molecule has 0 aliphatic carbocycles. The Morgan fingerprint density at radius 2 is 1.87 bits per heavy atom. The fourth-order valence-electron chi connectivity index (χ4n) is 2.04. The zero-order chi connectivity index (χ0) is 10.9. The highest BCUT2D eigenvalue weighted by molar-refractivity contribution is 5.65. The third kappa shape index (κ3) is 2.39. The van der Waals surface area contributed by atoms with E-state index in [4.69, 9.17) is 5.11 Å².